The van der Waals surface area contributed by atoms with Gasteiger partial charge in [-0.05, 0) is 83.2 Å². The number of nitrogens with zero attached hydrogens (tertiary/aromatic N) is 3. The third kappa shape index (κ3) is 8.71. The Labute approximate surface area is 199 Å². The van der Waals surface area contributed by atoms with Crippen molar-refractivity contribution in [3.8, 4) is 0 Å². The summed E-state index contributed by atoms with van der Waals surface area (Å²) in [5, 5.41) is 9.39. The maximum Gasteiger partial charge on any atom is 0.191 e. The Balaban J connectivity index is 0.00000420. The molecule has 29 heavy (non-hydrogen) atoms. The molecule has 0 aliphatic carbocycles. The maximum absolute atomic E-state index is 4.47. The van der Waals surface area contributed by atoms with Gasteiger partial charge in [-0.25, -0.2) is 0 Å². The largest absolute Gasteiger partial charge is 0.356 e. The Morgan fingerprint density at radius 1 is 1.38 bits per heavy atom. The van der Waals surface area contributed by atoms with Crippen LogP contribution in [0.3, 0.4) is 0 Å². The van der Waals surface area contributed by atoms with Crippen LogP contribution < -0.4 is 10.6 Å². The minimum absolute atomic E-state index is 0. The van der Waals surface area contributed by atoms with Gasteiger partial charge in [0.25, 0.3) is 0 Å². The van der Waals surface area contributed by atoms with Crippen molar-refractivity contribution in [3.05, 3.63) is 22.4 Å². The normalized spacial score (nSPS) is 21.7. The summed E-state index contributed by atoms with van der Waals surface area (Å²) >= 11 is 1.88. The molecule has 2 heterocycles. The number of likely N-dealkylation sites (tertiary alicyclic amines) is 1. The summed E-state index contributed by atoms with van der Waals surface area (Å²) in [7, 11) is 4.14. The average Bonchev–Trinajstić information content (AvgIpc) is 3.22. The number of aliphatic imine (C=N–C) groups is 1. The Morgan fingerprint density at radius 2 is 2.14 bits per heavy atom. The fourth-order valence-electron chi connectivity index (χ4n) is 4.27. The summed E-state index contributed by atoms with van der Waals surface area (Å²) in [5.74, 6) is 1.56. The Hall–Kier alpha value is -0.380. The quantitative estimate of drug-likeness (QED) is 0.265. The van der Waals surface area contributed by atoms with E-state index >= 15 is 0 Å². The second-order valence-electron chi connectivity index (χ2n) is 8.01. The summed E-state index contributed by atoms with van der Waals surface area (Å²) < 4.78 is 0. The van der Waals surface area contributed by atoms with E-state index in [0.717, 1.165) is 25.6 Å². The van der Waals surface area contributed by atoms with Crippen molar-refractivity contribution < 1.29 is 0 Å². The molecule has 0 spiro atoms. The number of nitrogens with one attached hydrogen (secondary N) is 2. The van der Waals surface area contributed by atoms with Crippen LogP contribution in [-0.4, -0.2) is 68.6 Å². The fourth-order valence-corrected chi connectivity index (χ4v) is 5.25. The van der Waals surface area contributed by atoms with E-state index in [1.54, 1.807) is 0 Å². The van der Waals surface area contributed by atoms with Gasteiger partial charge in [0.2, 0.25) is 0 Å². The maximum atomic E-state index is 4.47. The van der Waals surface area contributed by atoms with E-state index in [9.17, 15) is 0 Å². The molecule has 0 bridgehead atoms. The van der Waals surface area contributed by atoms with Crippen molar-refractivity contribution in [1.82, 2.24) is 20.4 Å². The summed E-state index contributed by atoms with van der Waals surface area (Å²) in [4.78, 5) is 11.0. The van der Waals surface area contributed by atoms with Gasteiger partial charge in [-0.1, -0.05) is 19.9 Å². The molecular formula is C22H42IN5S. The second kappa shape index (κ2) is 14.6. The molecule has 3 unspecified atom stereocenters. The number of thiophene rings is 1. The van der Waals surface area contributed by atoms with Crippen LogP contribution in [0.5, 0.6) is 0 Å². The van der Waals surface area contributed by atoms with Crippen LogP contribution in [0.4, 0.5) is 0 Å². The second-order valence-corrected chi connectivity index (χ2v) is 8.99. The highest BCUT2D eigenvalue weighted by molar-refractivity contribution is 14.0. The monoisotopic (exact) mass is 535 g/mol. The van der Waals surface area contributed by atoms with Crippen LogP contribution in [0.25, 0.3) is 0 Å². The minimum Gasteiger partial charge on any atom is -0.356 e. The lowest BCUT2D eigenvalue weighted by Gasteiger charge is -2.39. The van der Waals surface area contributed by atoms with E-state index in [-0.39, 0.29) is 24.0 Å². The zero-order chi connectivity index (χ0) is 20.4. The summed E-state index contributed by atoms with van der Waals surface area (Å²) in [6, 6.07) is 5.41. The molecule has 0 saturated carbocycles. The first-order chi connectivity index (χ1) is 13.6. The summed E-state index contributed by atoms with van der Waals surface area (Å²) in [6.07, 6.45) is 4.94. The Morgan fingerprint density at radius 3 is 2.76 bits per heavy atom. The molecule has 2 N–H and O–H groups in total. The standard InChI is InChI=1S/C22H41N5S.HI/c1-6-27(7-2)15-8-11-18(3)25-22(23-4)24-17-19-12-9-14-26(5)21(19)20-13-10-16-28-20;/h10,13,16,18-19,21H,6-9,11-12,14-15,17H2,1-5H3,(H2,23,24,25);1H. The highest BCUT2D eigenvalue weighted by Gasteiger charge is 2.31. The fraction of sp³-hybridized carbons (Fsp3) is 0.773. The van der Waals surface area contributed by atoms with Crippen LogP contribution in [0.1, 0.15) is 57.4 Å². The lowest BCUT2D eigenvalue weighted by molar-refractivity contribution is 0.125. The molecular weight excluding hydrogens is 493 g/mol. The molecule has 1 aliphatic heterocycles. The van der Waals surface area contributed by atoms with E-state index in [0.29, 0.717) is 18.0 Å². The summed E-state index contributed by atoms with van der Waals surface area (Å²) in [5.41, 5.74) is 0. The molecule has 7 heteroatoms. The molecule has 3 atom stereocenters. The molecule has 1 saturated heterocycles. The van der Waals surface area contributed by atoms with Crippen molar-refractivity contribution in [3.63, 3.8) is 0 Å². The predicted molar refractivity (Wildman–Crippen MR) is 139 cm³/mol. The molecule has 1 aliphatic rings. The van der Waals surface area contributed by atoms with E-state index in [4.69, 9.17) is 0 Å². The first-order valence-corrected chi connectivity index (χ1v) is 11.9. The molecule has 1 aromatic heterocycles. The van der Waals surface area contributed by atoms with Gasteiger partial charge in [0, 0.05) is 30.6 Å². The van der Waals surface area contributed by atoms with Gasteiger partial charge in [0.05, 0.1) is 0 Å². The van der Waals surface area contributed by atoms with Crippen molar-refractivity contribution in [2.45, 2.75) is 58.5 Å². The topological polar surface area (TPSA) is 42.9 Å². The molecule has 0 radical (unpaired) electrons. The average molecular weight is 536 g/mol. The van der Waals surface area contributed by atoms with Gasteiger partial charge >= 0.3 is 0 Å². The zero-order valence-electron chi connectivity index (χ0n) is 19.0. The van der Waals surface area contributed by atoms with Gasteiger partial charge in [0.1, 0.15) is 0 Å². The molecule has 2 rings (SSSR count). The minimum atomic E-state index is 0. The molecule has 1 fully saturated rings. The number of piperidine rings is 1. The van der Waals surface area contributed by atoms with Crippen LogP contribution in [0.2, 0.25) is 0 Å². The van der Waals surface area contributed by atoms with Gasteiger partial charge < -0.3 is 15.5 Å². The summed E-state index contributed by atoms with van der Waals surface area (Å²) in [6.45, 7) is 12.4. The zero-order valence-corrected chi connectivity index (χ0v) is 22.1. The van der Waals surface area contributed by atoms with Gasteiger partial charge in [-0.15, -0.1) is 35.3 Å². The third-order valence-corrected chi connectivity index (χ3v) is 6.93. The van der Waals surface area contributed by atoms with Crippen molar-refractivity contribution in [1.29, 1.82) is 0 Å². The number of rotatable bonds is 10. The van der Waals surface area contributed by atoms with E-state index in [1.807, 2.05) is 18.4 Å². The number of guanidine groups is 1. The SMILES string of the molecule is CCN(CC)CCCC(C)NC(=NC)NCC1CCCN(C)C1c1cccs1.I. The number of hydrogen-bond donors (Lipinski definition) is 2. The number of halogens is 1. The third-order valence-electron chi connectivity index (χ3n) is 5.99. The van der Waals surface area contributed by atoms with Crippen LogP contribution >= 0.6 is 35.3 Å². The lowest BCUT2D eigenvalue weighted by Crippen LogP contribution is -2.47. The first-order valence-electron chi connectivity index (χ1n) is 11.0. The number of hydrogen-bond acceptors (Lipinski definition) is 4. The smallest absolute Gasteiger partial charge is 0.191 e. The van der Waals surface area contributed by atoms with E-state index in [1.165, 1.54) is 43.6 Å². The van der Waals surface area contributed by atoms with Gasteiger partial charge in [-0.3, -0.25) is 9.89 Å². The van der Waals surface area contributed by atoms with E-state index < -0.39 is 0 Å². The molecule has 0 aromatic carbocycles. The molecule has 5 nitrogen and oxygen atoms in total. The van der Waals surface area contributed by atoms with E-state index in [2.05, 4.69) is 70.8 Å². The Kier molecular flexibility index (Phi) is 13.4. The van der Waals surface area contributed by atoms with Gasteiger partial charge in [0.15, 0.2) is 5.96 Å². The molecule has 168 valence electrons. The van der Waals surface area contributed by atoms with Gasteiger partial charge in [-0.2, -0.15) is 0 Å². The first kappa shape index (κ1) is 26.7. The molecule has 1 aromatic rings. The van der Waals surface area contributed by atoms with Crippen molar-refractivity contribution >= 4 is 41.3 Å². The Bertz CT molecular complexity index is 562. The predicted octanol–water partition coefficient (Wildman–Crippen LogP) is 4.42. The van der Waals surface area contributed by atoms with Crippen LogP contribution in [0.15, 0.2) is 22.5 Å². The lowest BCUT2D eigenvalue weighted by atomic mass is 9.88. The highest BCUT2D eigenvalue weighted by Crippen LogP contribution is 2.36. The van der Waals surface area contributed by atoms with Crippen LogP contribution in [-0.2, 0) is 0 Å². The van der Waals surface area contributed by atoms with Crippen molar-refractivity contribution in [2.75, 3.05) is 46.8 Å². The molecule has 0 amide bonds. The highest BCUT2D eigenvalue weighted by atomic mass is 127. The van der Waals surface area contributed by atoms with Crippen molar-refractivity contribution in [2.24, 2.45) is 10.9 Å². The van der Waals surface area contributed by atoms with Crippen LogP contribution in [0, 0.1) is 5.92 Å².